The van der Waals surface area contributed by atoms with E-state index in [4.69, 9.17) is 15.3 Å². The normalized spacial score (nSPS) is 11.2. The Labute approximate surface area is 225 Å². The summed E-state index contributed by atoms with van der Waals surface area (Å²) in [6, 6.07) is 12.3. The molecule has 0 aliphatic carbocycles. The highest BCUT2D eigenvalue weighted by molar-refractivity contribution is 7.86. The lowest BCUT2D eigenvalue weighted by Gasteiger charge is -2.11. The minimum absolute atomic E-state index is 0. The van der Waals surface area contributed by atoms with E-state index < -0.39 is 62.3 Å². The molecule has 0 saturated carbocycles. The molecule has 0 aromatic heterocycles. The molecule has 12 nitrogen and oxygen atoms in total. The molecule has 3 aromatic rings. The van der Waals surface area contributed by atoms with Gasteiger partial charge in [0.05, 0.1) is 14.7 Å². The minimum atomic E-state index is -4.56. The quantitative estimate of drug-likeness (QED) is 0.291. The Balaban J connectivity index is 0.000000518. The lowest BCUT2D eigenvalue weighted by Crippen LogP contribution is -2.01. The van der Waals surface area contributed by atoms with Crippen LogP contribution in [0.5, 0.6) is 17.2 Å². The highest BCUT2D eigenvalue weighted by Crippen LogP contribution is 2.26. The number of hydrogen-bond acceptors (Lipinski definition) is 12. The SMILES string of the molecule is Cc1cccc(O)c1S(=O)(=O)[O-].Cc1cccc(O)c1S(=O)(=O)[O-].Cc1cccc(O)c1S(=O)(=O)[O-].[Al]. The molecule has 0 saturated heterocycles. The summed E-state index contributed by atoms with van der Waals surface area (Å²) < 4.78 is 95.0. The second-order valence-corrected chi connectivity index (χ2v) is 11.1. The van der Waals surface area contributed by atoms with Gasteiger partial charge in [0.25, 0.3) is 0 Å². The summed E-state index contributed by atoms with van der Waals surface area (Å²) >= 11 is 0. The van der Waals surface area contributed by atoms with E-state index in [2.05, 4.69) is 0 Å². The standard InChI is InChI=1S/3C7H8O4S.Al/c3*1-5-3-2-4-6(8)7(5)12(9,10)11;/h3*2-4,8H,1H3,(H,9,10,11);/p-3. The number of rotatable bonds is 3. The molecule has 0 aliphatic rings. The number of aromatic hydroxyl groups is 3. The van der Waals surface area contributed by atoms with Crippen LogP contribution < -0.4 is 0 Å². The molecule has 3 rings (SSSR count). The van der Waals surface area contributed by atoms with Crippen molar-refractivity contribution in [3.8, 4) is 17.2 Å². The van der Waals surface area contributed by atoms with Crippen molar-refractivity contribution in [1.82, 2.24) is 0 Å². The molecule has 0 amide bonds. The fourth-order valence-electron chi connectivity index (χ4n) is 2.89. The van der Waals surface area contributed by atoms with Crippen LogP contribution in [0.1, 0.15) is 16.7 Å². The van der Waals surface area contributed by atoms with Gasteiger partial charge in [0.1, 0.15) is 47.6 Å². The lowest BCUT2D eigenvalue weighted by molar-refractivity contribution is 0.431. The Hall–Kier alpha value is -2.68. The maximum atomic E-state index is 10.6. The van der Waals surface area contributed by atoms with Gasteiger partial charge in [0.15, 0.2) is 0 Å². The van der Waals surface area contributed by atoms with Crippen molar-refractivity contribution in [2.45, 2.75) is 35.5 Å². The highest BCUT2D eigenvalue weighted by Gasteiger charge is 2.11. The smallest absolute Gasteiger partial charge is 0.133 e. The molecule has 0 atom stereocenters. The summed E-state index contributed by atoms with van der Waals surface area (Å²) in [5.74, 6) is -1.49. The van der Waals surface area contributed by atoms with E-state index in [-0.39, 0.29) is 34.1 Å². The summed E-state index contributed by atoms with van der Waals surface area (Å²) in [6.45, 7) is 4.35. The highest BCUT2D eigenvalue weighted by atomic mass is 32.2. The minimum Gasteiger partial charge on any atom is -0.744 e. The first kappa shape index (κ1) is 34.3. The zero-order valence-corrected chi connectivity index (χ0v) is 23.1. The molecule has 37 heavy (non-hydrogen) atoms. The molecule has 3 aromatic carbocycles. The van der Waals surface area contributed by atoms with E-state index in [1.807, 2.05) is 0 Å². The van der Waals surface area contributed by atoms with E-state index >= 15 is 0 Å². The molecule has 3 N–H and O–H groups in total. The van der Waals surface area contributed by atoms with Crippen LogP contribution in [-0.2, 0) is 30.4 Å². The van der Waals surface area contributed by atoms with E-state index in [1.54, 1.807) is 0 Å². The Morgan fingerprint density at radius 2 is 0.676 bits per heavy atom. The van der Waals surface area contributed by atoms with E-state index in [0.717, 1.165) is 18.2 Å². The Bertz CT molecular complexity index is 1320. The van der Waals surface area contributed by atoms with Crippen LogP contribution in [0.2, 0.25) is 0 Å². The van der Waals surface area contributed by atoms with Gasteiger partial charge in [-0.2, -0.15) is 0 Å². The second-order valence-electron chi connectivity index (χ2n) is 7.13. The Morgan fingerprint density at radius 3 is 0.784 bits per heavy atom. The third kappa shape index (κ3) is 9.95. The van der Waals surface area contributed by atoms with E-state index in [9.17, 15) is 38.9 Å². The van der Waals surface area contributed by atoms with Gasteiger partial charge in [0, 0.05) is 17.4 Å². The van der Waals surface area contributed by atoms with Crippen molar-refractivity contribution in [2.75, 3.05) is 0 Å². The molecule has 0 heterocycles. The summed E-state index contributed by atoms with van der Waals surface area (Å²) in [5.41, 5.74) is 0.764. The summed E-state index contributed by atoms with van der Waals surface area (Å²) in [5, 5.41) is 27.1. The first-order chi connectivity index (χ1) is 16.3. The van der Waals surface area contributed by atoms with Gasteiger partial charge in [-0.15, -0.1) is 0 Å². The monoisotopic (exact) mass is 588 g/mol. The number of benzene rings is 3. The molecule has 16 heteroatoms. The Kier molecular flexibility index (Phi) is 12.3. The van der Waals surface area contributed by atoms with Crippen LogP contribution in [0.4, 0.5) is 0 Å². The van der Waals surface area contributed by atoms with Crippen LogP contribution in [0, 0.1) is 20.8 Å². The van der Waals surface area contributed by atoms with Crippen molar-refractivity contribution in [3.05, 3.63) is 71.3 Å². The molecule has 0 fully saturated rings. The van der Waals surface area contributed by atoms with Gasteiger partial charge >= 0.3 is 0 Å². The summed E-state index contributed by atoms with van der Waals surface area (Å²) in [7, 11) is -13.7. The van der Waals surface area contributed by atoms with Crippen molar-refractivity contribution >= 4 is 47.7 Å². The largest absolute Gasteiger partial charge is 0.744 e. The van der Waals surface area contributed by atoms with Gasteiger partial charge in [-0.05, 0) is 55.7 Å². The molecule has 0 aliphatic heterocycles. The average Bonchev–Trinajstić information content (AvgIpc) is 2.65. The van der Waals surface area contributed by atoms with Crippen molar-refractivity contribution in [2.24, 2.45) is 0 Å². The number of phenolic OH excluding ortho intramolecular Hbond substituents is 3. The van der Waals surface area contributed by atoms with Gasteiger partial charge in [-0.3, -0.25) is 0 Å². The number of phenols is 3. The fourth-order valence-corrected chi connectivity index (χ4v) is 5.25. The second kappa shape index (κ2) is 13.2. The summed E-state index contributed by atoms with van der Waals surface area (Å²) in [4.78, 5) is -1.61. The molecule has 201 valence electrons. The fraction of sp³-hybridized carbons (Fsp3) is 0.143. The van der Waals surface area contributed by atoms with E-state index in [0.29, 0.717) is 0 Å². The number of hydrogen-bond donors (Lipinski definition) is 3. The van der Waals surface area contributed by atoms with Gasteiger partial charge in [-0.25, -0.2) is 25.3 Å². The van der Waals surface area contributed by atoms with Crippen molar-refractivity contribution in [3.63, 3.8) is 0 Å². The maximum Gasteiger partial charge on any atom is 0.133 e. The first-order valence-corrected chi connectivity index (χ1v) is 13.7. The molecule has 3 radical (unpaired) electrons. The molecule has 0 spiro atoms. The van der Waals surface area contributed by atoms with Crippen LogP contribution in [0.15, 0.2) is 69.3 Å². The molecular weight excluding hydrogens is 567 g/mol. The third-order valence-corrected chi connectivity index (χ3v) is 7.42. The van der Waals surface area contributed by atoms with E-state index in [1.165, 1.54) is 57.2 Å². The lowest BCUT2D eigenvalue weighted by atomic mass is 10.2. The topological polar surface area (TPSA) is 232 Å². The predicted molar refractivity (Wildman–Crippen MR) is 128 cm³/mol. The average molecular weight is 589 g/mol. The molecule has 0 bridgehead atoms. The zero-order valence-electron chi connectivity index (χ0n) is 19.5. The van der Waals surface area contributed by atoms with Gasteiger partial charge in [-0.1, -0.05) is 36.4 Å². The van der Waals surface area contributed by atoms with Crippen LogP contribution >= 0.6 is 0 Å². The van der Waals surface area contributed by atoms with Gasteiger partial charge < -0.3 is 29.0 Å². The zero-order chi connectivity index (χ0) is 28.1. The molecular formula is C21H21AlO12S3-3. The van der Waals surface area contributed by atoms with Crippen molar-refractivity contribution in [1.29, 1.82) is 0 Å². The maximum absolute atomic E-state index is 10.6. The molecule has 0 unspecified atom stereocenters. The third-order valence-electron chi connectivity index (χ3n) is 4.32. The van der Waals surface area contributed by atoms with Crippen LogP contribution in [0.3, 0.4) is 0 Å². The summed E-state index contributed by atoms with van der Waals surface area (Å²) in [6.07, 6.45) is 0. The van der Waals surface area contributed by atoms with Crippen molar-refractivity contribution < 1.29 is 54.2 Å². The first-order valence-electron chi connectivity index (χ1n) is 9.52. The Morgan fingerprint density at radius 1 is 0.486 bits per heavy atom. The predicted octanol–water partition coefficient (Wildman–Crippen LogP) is 1.43. The van der Waals surface area contributed by atoms with Crippen LogP contribution in [0.25, 0.3) is 0 Å². The number of aryl methyl sites for hydroxylation is 3. The van der Waals surface area contributed by atoms with Crippen LogP contribution in [-0.4, -0.2) is 71.6 Å². The van der Waals surface area contributed by atoms with Gasteiger partial charge in [0.2, 0.25) is 0 Å².